The van der Waals surface area contributed by atoms with Crippen LogP contribution in [0.15, 0.2) is 136 Å². The number of hydrogen-bond donors (Lipinski definition) is 10. The summed E-state index contributed by atoms with van der Waals surface area (Å²) in [6.45, 7) is 47.7. The van der Waals surface area contributed by atoms with E-state index in [1.807, 2.05) is 48.5 Å². The van der Waals surface area contributed by atoms with E-state index >= 15 is 0 Å². The molecule has 24 nitrogen and oxygen atoms in total. The number of phenols is 2. The van der Waals surface area contributed by atoms with Crippen molar-refractivity contribution < 1.29 is 77.0 Å². The Morgan fingerprint density at radius 3 is 0.825 bits per heavy atom. The zero-order valence-corrected chi connectivity index (χ0v) is 77.8. The molecule has 0 unspecified atom stereocenters. The Balaban J connectivity index is 1.15. The van der Waals surface area contributed by atoms with Gasteiger partial charge in [0.05, 0.1) is 39.2 Å². The van der Waals surface area contributed by atoms with Crippen LogP contribution in [0.3, 0.4) is 0 Å². The van der Waals surface area contributed by atoms with Gasteiger partial charge in [0.2, 0.25) is 11.8 Å². The van der Waals surface area contributed by atoms with Gasteiger partial charge in [-0.25, -0.2) is 19.2 Å². The van der Waals surface area contributed by atoms with Gasteiger partial charge in [0.25, 0.3) is 11.8 Å². The van der Waals surface area contributed by atoms with Crippen molar-refractivity contribution in [1.29, 1.82) is 0 Å². The smallest absolute Gasteiger partial charge is 0.408 e. The molecule has 0 aromatic heterocycles. The molecule has 8 bridgehead atoms. The van der Waals surface area contributed by atoms with Gasteiger partial charge in [-0.15, -0.1) is 0 Å². The number of fused-ring (bicyclic) bond motifs is 8. The molecule has 656 valence electrons. The molecule has 0 aliphatic carbocycles. The minimum absolute atomic E-state index is 0.0491. The van der Waals surface area contributed by atoms with E-state index in [0.717, 1.165) is 33.4 Å². The molecule has 1 aliphatic rings. The van der Waals surface area contributed by atoms with Crippen molar-refractivity contribution in [3.63, 3.8) is 0 Å². The third-order valence-corrected chi connectivity index (χ3v) is 22.5. The molecule has 0 radical (unpaired) electrons. The molecule has 28 heteroatoms. The fourth-order valence-corrected chi connectivity index (χ4v) is 16.4. The van der Waals surface area contributed by atoms with Gasteiger partial charge in [0.15, 0.2) is 0 Å². The molecule has 7 rings (SSSR count). The molecule has 0 spiro atoms. The Morgan fingerprint density at radius 1 is 0.317 bits per heavy atom. The minimum Gasteiger partial charge on any atom is -0.506 e. The van der Waals surface area contributed by atoms with Crippen molar-refractivity contribution in [1.82, 2.24) is 42.5 Å². The van der Waals surface area contributed by atoms with Crippen LogP contribution in [0.5, 0.6) is 23.0 Å². The molecular weight excluding hydrogens is 1600 g/mol. The van der Waals surface area contributed by atoms with E-state index in [2.05, 4.69) is 150 Å². The number of hydrogen-bond acceptors (Lipinski definition) is 20. The largest absolute Gasteiger partial charge is 0.506 e. The Labute approximate surface area is 727 Å². The topological polar surface area (TPSA) is 329 Å². The van der Waals surface area contributed by atoms with Gasteiger partial charge in [-0.3, -0.25) is 19.2 Å². The van der Waals surface area contributed by atoms with Gasteiger partial charge in [-0.2, -0.15) is 0 Å². The number of benzene rings is 6. The number of aromatic hydroxyl groups is 2. The first kappa shape index (κ1) is 98.0. The maximum absolute atomic E-state index is 13.7. The number of rotatable bonds is 28. The number of ether oxygens (including phenoxy) is 6. The van der Waals surface area contributed by atoms with E-state index in [4.69, 9.17) is 28.4 Å². The summed E-state index contributed by atoms with van der Waals surface area (Å²) in [5, 5.41) is 48.2. The summed E-state index contributed by atoms with van der Waals surface area (Å²) in [5.41, 5.74) is 1.61. The Morgan fingerprint density at radius 2 is 0.567 bits per heavy atom. The average Bonchev–Trinajstić information content (AvgIpc) is 0.766. The van der Waals surface area contributed by atoms with Crippen molar-refractivity contribution in [2.24, 2.45) is 0 Å². The van der Waals surface area contributed by atoms with Crippen LogP contribution < -0.4 is 52.0 Å². The summed E-state index contributed by atoms with van der Waals surface area (Å²) in [6.07, 6.45) is -0.118. The number of carbonyl (C=O) groups is 8. The summed E-state index contributed by atoms with van der Waals surface area (Å²) in [5.74, 6) is -0.558. The standard InChI is InChI=1S/C92H128N8O16S4/c1-85(2,3)59-45-65-73(101)66(46-59)118-70-50-62(88(10,11)12)52-72(76(70)112-54-56-33-37-58(38-34-56)78(104)94-42-44-96-80(106)64(100-84(110)116-92(22,23)24)30-26-28-40-98-82(108)114-90(16,17)18)120-68-48-60(86(4,5)6)47-67(74(68)102)119-71-51-61(87(7,8)9)49-69(117-65)75(71)111-53-55-31-35-57(36-32-55)77(103)93-41-43-95-79(105)63(99-83(109)115-91(19,20)21)29-25-27-39-97-81(107)113-89(13,14)15/h31-38,45-52,63-64,101-102H,25-30,39-44,53-54H2,1-24H3,(H,93,103)(H,94,104)(H,95,105)(H,96,106)(H,97,107)(H,98,108)(H,99,109)(H,100,110)/t63-,64-/m0/s1. The van der Waals surface area contributed by atoms with Gasteiger partial charge in [0.1, 0.15) is 70.7 Å². The molecule has 0 saturated carbocycles. The van der Waals surface area contributed by atoms with Crippen molar-refractivity contribution in [2.75, 3.05) is 39.3 Å². The highest BCUT2D eigenvalue weighted by molar-refractivity contribution is 8.01. The van der Waals surface area contributed by atoms with Crippen molar-refractivity contribution >= 4 is 95.0 Å². The number of nitrogens with one attached hydrogen (secondary N) is 8. The van der Waals surface area contributed by atoms with Crippen LogP contribution >= 0.6 is 47.0 Å². The molecule has 0 saturated heterocycles. The maximum Gasteiger partial charge on any atom is 0.408 e. The zero-order chi connectivity index (χ0) is 89.3. The van der Waals surface area contributed by atoms with E-state index in [1.165, 1.54) is 47.0 Å². The molecule has 8 amide bonds. The lowest BCUT2D eigenvalue weighted by atomic mass is 9.87. The number of carbonyl (C=O) groups excluding carboxylic acids is 8. The SMILES string of the molecule is CC(C)(C)OC(=O)NCCCC[C@H](NC(=O)OC(C)(C)C)C(=O)NCCNC(=O)c1ccc(COc2c3cc(C(C)(C)C)cc2Sc2cc(C(C)(C)C)cc(c2O)Sc2cc(C(C)(C)C)cc(c2OCc2ccc(C(=O)NCCNC(=O)[C@H](CCCCNC(=O)OC(C)(C)C)NC(=O)OC(C)(C)C)cc2)Sc2cc(C(C)(C)C)cc(c2O)S3)cc1. The van der Waals surface area contributed by atoms with Crippen molar-refractivity contribution in [2.45, 2.75) is 313 Å². The van der Waals surface area contributed by atoms with Gasteiger partial charge >= 0.3 is 24.4 Å². The van der Waals surface area contributed by atoms with Crippen LogP contribution in [0.2, 0.25) is 0 Å². The van der Waals surface area contributed by atoms with Gasteiger partial charge in [-0.05, 0) is 249 Å². The molecule has 10 N–H and O–H groups in total. The normalized spacial score (nSPS) is 13.3. The Hall–Kier alpha value is -9.12. The van der Waals surface area contributed by atoms with Gasteiger partial charge in [0, 0.05) is 50.4 Å². The highest BCUT2D eigenvalue weighted by Crippen LogP contribution is 2.56. The number of unbranched alkanes of at least 4 members (excludes halogenated alkanes) is 2. The van der Waals surface area contributed by atoms with Crippen LogP contribution in [0.25, 0.3) is 0 Å². The summed E-state index contributed by atoms with van der Waals surface area (Å²) >= 11 is 5.55. The second-order valence-electron chi connectivity index (χ2n) is 38.0. The third kappa shape index (κ3) is 32.0. The lowest BCUT2D eigenvalue weighted by Gasteiger charge is -2.27. The number of alkyl carbamates (subject to hydrolysis) is 4. The number of phenolic OH excluding ortho intramolecular Hbond substituents is 2. The van der Waals surface area contributed by atoms with E-state index in [0.29, 0.717) is 101 Å². The van der Waals surface area contributed by atoms with E-state index in [9.17, 15) is 48.6 Å². The lowest BCUT2D eigenvalue weighted by molar-refractivity contribution is -0.124. The Bertz CT molecular complexity index is 4210. The molecule has 2 atom stereocenters. The highest BCUT2D eigenvalue weighted by atomic mass is 32.2. The summed E-state index contributed by atoms with van der Waals surface area (Å²) in [4.78, 5) is 110. The van der Waals surface area contributed by atoms with Crippen LogP contribution in [-0.2, 0) is 63.4 Å². The molecular formula is C92H128N8O16S4. The molecule has 120 heavy (non-hydrogen) atoms. The zero-order valence-electron chi connectivity index (χ0n) is 74.5. The van der Waals surface area contributed by atoms with Gasteiger partial charge in [-0.1, -0.05) is 154 Å². The van der Waals surface area contributed by atoms with Crippen LogP contribution in [0.4, 0.5) is 19.2 Å². The van der Waals surface area contributed by atoms with Crippen molar-refractivity contribution in [3.8, 4) is 23.0 Å². The summed E-state index contributed by atoms with van der Waals surface area (Å²) in [6, 6.07) is 28.8. The quantitative estimate of drug-likeness (QED) is 0.0161. The van der Waals surface area contributed by atoms with Crippen LogP contribution in [0, 0.1) is 0 Å². The molecule has 6 aromatic carbocycles. The van der Waals surface area contributed by atoms with E-state index in [-0.39, 0.29) is 86.4 Å². The van der Waals surface area contributed by atoms with E-state index in [1.54, 1.807) is 107 Å². The monoisotopic (exact) mass is 1730 g/mol. The molecule has 0 fully saturated rings. The predicted octanol–water partition coefficient (Wildman–Crippen LogP) is 19.2. The first-order valence-corrected chi connectivity index (χ1v) is 44.2. The van der Waals surface area contributed by atoms with E-state index < -0.39 is 81.5 Å². The summed E-state index contributed by atoms with van der Waals surface area (Å²) in [7, 11) is 0. The minimum atomic E-state index is -0.954. The molecule has 1 aliphatic heterocycles. The fraction of sp³-hybridized carbons (Fsp3) is 0.522. The number of amides is 8. The average molecular weight is 1730 g/mol. The second-order valence-corrected chi connectivity index (χ2v) is 42.3. The second kappa shape index (κ2) is 41.6. The predicted molar refractivity (Wildman–Crippen MR) is 475 cm³/mol. The third-order valence-electron chi connectivity index (χ3n) is 18.3. The summed E-state index contributed by atoms with van der Waals surface area (Å²) < 4.78 is 35.7. The molecule has 6 aromatic rings. The Kier molecular flexibility index (Phi) is 34.0. The fourth-order valence-electron chi connectivity index (χ4n) is 11.8. The first-order valence-electron chi connectivity index (χ1n) is 40.9. The lowest BCUT2D eigenvalue weighted by Crippen LogP contribution is -2.49. The van der Waals surface area contributed by atoms with Crippen LogP contribution in [0.1, 0.15) is 259 Å². The maximum atomic E-state index is 13.7. The molecule has 1 heterocycles. The van der Waals surface area contributed by atoms with Crippen molar-refractivity contribution in [3.05, 3.63) is 142 Å². The highest BCUT2D eigenvalue weighted by Gasteiger charge is 2.33. The van der Waals surface area contributed by atoms with Gasteiger partial charge < -0.3 is 81.2 Å². The first-order chi connectivity index (χ1) is 55.6. The van der Waals surface area contributed by atoms with Crippen LogP contribution in [-0.4, -0.2) is 132 Å².